The van der Waals surface area contributed by atoms with Gasteiger partial charge in [-0.05, 0) is 58.6 Å². The van der Waals surface area contributed by atoms with Gasteiger partial charge in [0.25, 0.3) is 5.91 Å². The van der Waals surface area contributed by atoms with Gasteiger partial charge in [0.2, 0.25) is 5.78 Å². The lowest BCUT2D eigenvalue weighted by Crippen LogP contribution is -2.63. The summed E-state index contributed by atoms with van der Waals surface area (Å²) in [5.41, 5.74) is 3.04. The molecule has 6 N–H and O–H groups in total. The number of ketones is 2. The van der Waals surface area contributed by atoms with Crippen molar-refractivity contribution >= 4 is 23.2 Å². The van der Waals surface area contributed by atoms with Gasteiger partial charge < -0.3 is 31.1 Å². The molecule has 11 nitrogen and oxygen atoms in total. The first kappa shape index (κ1) is 28.2. The molecule has 0 unspecified atom stereocenters. The lowest BCUT2D eigenvalue weighted by molar-refractivity contribution is -0.148. The van der Waals surface area contributed by atoms with Gasteiger partial charge in [0.15, 0.2) is 11.4 Å². The quantitative estimate of drug-likeness (QED) is 0.262. The van der Waals surface area contributed by atoms with E-state index in [-0.39, 0.29) is 35.3 Å². The van der Waals surface area contributed by atoms with Gasteiger partial charge in [0, 0.05) is 31.3 Å². The van der Waals surface area contributed by atoms with E-state index < -0.39 is 58.0 Å². The summed E-state index contributed by atoms with van der Waals surface area (Å²) in [6, 6.07) is 0.671. The zero-order valence-electron chi connectivity index (χ0n) is 22.9. The predicted octanol–water partition coefficient (Wildman–Crippen LogP) is 0.0997. The number of phenolic OH excluding ortho intramolecular Hbond substituents is 1. The molecule has 1 aromatic rings. The Morgan fingerprint density at radius 3 is 2.31 bits per heavy atom. The van der Waals surface area contributed by atoms with Gasteiger partial charge in [0.1, 0.15) is 22.8 Å². The van der Waals surface area contributed by atoms with Crippen LogP contribution in [0.5, 0.6) is 5.75 Å². The van der Waals surface area contributed by atoms with Crippen molar-refractivity contribution in [2.45, 2.75) is 24.5 Å². The number of fused-ring (bicyclic) bond motifs is 3. The molecular formula is C28H34N4O7. The number of nitrogens with two attached hydrogens (primary N) is 1. The number of aromatic hydroxyl groups is 1. The highest BCUT2D eigenvalue weighted by Crippen LogP contribution is 2.53. The highest BCUT2D eigenvalue weighted by Gasteiger charge is 2.63. The zero-order chi connectivity index (χ0) is 29.1. The Labute approximate surface area is 226 Å². The Balaban J connectivity index is 1.96. The average Bonchev–Trinajstić information content (AvgIpc) is 2.81. The minimum absolute atomic E-state index is 0.0315. The second kappa shape index (κ2) is 9.72. The molecule has 0 saturated heterocycles. The normalized spacial score (nSPS) is 26.2. The molecule has 39 heavy (non-hydrogen) atoms. The van der Waals surface area contributed by atoms with E-state index in [0.717, 1.165) is 0 Å². The van der Waals surface area contributed by atoms with Crippen LogP contribution in [-0.4, -0.2) is 108 Å². The molecule has 4 atom stereocenters. The van der Waals surface area contributed by atoms with E-state index in [2.05, 4.69) is 11.8 Å². The van der Waals surface area contributed by atoms with Crippen LogP contribution in [0.15, 0.2) is 28.7 Å². The maximum absolute atomic E-state index is 14.0. The number of likely N-dealkylation sites (N-methyl/N-ethyl adjacent to an activating group) is 1. The van der Waals surface area contributed by atoms with Crippen LogP contribution in [-0.2, 0) is 16.0 Å². The molecule has 0 radical (unpaired) electrons. The van der Waals surface area contributed by atoms with Gasteiger partial charge in [-0.15, -0.1) is 0 Å². The number of amides is 1. The van der Waals surface area contributed by atoms with Crippen LogP contribution in [0.4, 0.5) is 5.69 Å². The summed E-state index contributed by atoms with van der Waals surface area (Å²) in [6.45, 7) is 0.419. The lowest BCUT2D eigenvalue weighted by Gasteiger charge is -2.50. The average molecular weight is 539 g/mol. The standard InChI is InChI=1S/C28H34N4O7/c1-30(2)9-7-8-13-12-17(31(3)4)15-10-14-11-16-21(32(5)6)24(35)20(27(29)38)26(37)28(16,39)25(36)18(14)23(34)19(15)22(13)33/h12,14,16,21,33,35-36,39H,9-11H2,1-6H3,(H2,29,38)/t14-,16-,21-,28-/m0/s1. The van der Waals surface area contributed by atoms with E-state index in [1.165, 1.54) is 4.90 Å². The number of nitrogens with zero attached hydrogens (tertiary/aromatic N) is 3. The number of primary amides is 1. The second-order valence-corrected chi connectivity index (χ2v) is 11.0. The number of carbonyl (C=O) groups excluding carboxylic acids is 3. The Kier molecular flexibility index (Phi) is 7.02. The molecule has 0 spiro atoms. The highest BCUT2D eigenvalue weighted by molar-refractivity contribution is 6.25. The predicted molar refractivity (Wildman–Crippen MR) is 143 cm³/mol. The monoisotopic (exact) mass is 538 g/mol. The van der Waals surface area contributed by atoms with E-state index in [0.29, 0.717) is 17.8 Å². The number of aliphatic hydroxyl groups is 3. The van der Waals surface area contributed by atoms with Crippen LogP contribution in [0, 0.1) is 23.7 Å². The Morgan fingerprint density at radius 1 is 1.13 bits per heavy atom. The summed E-state index contributed by atoms with van der Waals surface area (Å²) in [4.78, 5) is 44.7. The van der Waals surface area contributed by atoms with Crippen molar-refractivity contribution < 1.29 is 34.8 Å². The largest absolute Gasteiger partial charge is 0.510 e. The molecule has 11 heteroatoms. The van der Waals surface area contributed by atoms with Crippen LogP contribution >= 0.6 is 0 Å². The topological polar surface area (TPSA) is 168 Å². The fourth-order valence-electron chi connectivity index (χ4n) is 6.09. The van der Waals surface area contributed by atoms with Crippen molar-refractivity contribution in [3.63, 3.8) is 0 Å². The number of hydrogen-bond acceptors (Lipinski definition) is 10. The molecule has 0 bridgehead atoms. The summed E-state index contributed by atoms with van der Waals surface area (Å²) in [7, 11) is 10.5. The highest BCUT2D eigenvalue weighted by atomic mass is 16.3. The number of carbonyl (C=O) groups is 3. The van der Waals surface area contributed by atoms with E-state index >= 15 is 0 Å². The van der Waals surface area contributed by atoms with Crippen LogP contribution in [0.1, 0.15) is 27.9 Å². The molecule has 0 aliphatic heterocycles. The maximum Gasteiger partial charge on any atom is 0.255 e. The second-order valence-electron chi connectivity index (χ2n) is 11.0. The Morgan fingerprint density at radius 2 is 1.77 bits per heavy atom. The van der Waals surface area contributed by atoms with Crippen molar-refractivity contribution in [3.8, 4) is 17.6 Å². The summed E-state index contributed by atoms with van der Waals surface area (Å²) in [5.74, 6) is -0.973. The first-order valence-corrected chi connectivity index (χ1v) is 12.5. The third kappa shape index (κ3) is 4.16. The molecule has 208 valence electrons. The number of rotatable bonds is 4. The third-order valence-corrected chi connectivity index (χ3v) is 7.80. The maximum atomic E-state index is 14.0. The van der Waals surface area contributed by atoms with Crippen molar-refractivity contribution in [2.24, 2.45) is 17.6 Å². The van der Waals surface area contributed by atoms with E-state index in [4.69, 9.17) is 5.73 Å². The van der Waals surface area contributed by atoms with Crippen LogP contribution in [0.2, 0.25) is 0 Å². The molecule has 3 aliphatic rings. The molecule has 1 aromatic carbocycles. The fourth-order valence-corrected chi connectivity index (χ4v) is 6.09. The number of phenols is 1. The van der Waals surface area contributed by atoms with E-state index in [9.17, 15) is 34.8 Å². The number of aliphatic hydroxyl groups excluding tert-OH is 2. The fraction of sp³-hybridized carbons (Fsp3) is 0.464. The van der Waals surface area contributed by atoms with Crippen LogP contribution < -0.4 is 10.6 Å². The molecule has 0 aromatic heterocycles. The molecular weight excluding hydrogens is 504 g/mol. The zero-order valence-corrected chi connectivity index (χ0v) is 22.9. The molecule has 4 rings (SSSR count). The minimum Gasteiger partial charge on any atom is -0.510 e. The van der Waals surface area contributed by atoms with Crippen molar-refractivity contribution in [3.05, 3.63) is 45.4 Å². The van der Waals surface area contributed by atoms with Crippen molar-refractivity contribution in [1.29, 1.82) is 0 Å². The number of allylic oxidation sites excluding steroid dienone is 1. The van der Waals surface area contributed by atoms with E-state index in [1.54, 1.807) is 39.2 Å². The summed E-state index contributed by atoms with van der Waals surface area (Å²) in [5, 5.41) is 45.2. The smallest absolute Gasteiger partial charge is 0.255 e. The molecule has 0 saturated carbocycles. The van der Waals surface area contributed by atoms with Crippen LogP contribution in [0.25, 0.3) is 0 Å². The van der Waals surface area contributed by atoms with Gasteiger partial charge in [-0.2, -0.15) is 0 Å². The van der Waals surface area contributed by atoms with E-state index in [1.807, 2.05) is 19.0 Å². The van der Waals surface area contributed by atoms with Gasteiger partial charge in [-0.1, -0.05) is 11.8 Å². The lowest BCUT2D eigenvalue weighted by atomic mass is 9.58. The Hall–Kier alpha value is -3.85. The van der Waals surface area contributed by atoms with Gasteiger partial charge in [-0.25, -0.2) is 0 Å². The summed E-state index contributed by atoms with van der Waals surface area (Å²) < 4.78 is 0. The number of benzene rings is 1. The third-order valence-electron chi connectivity index (χ3n) is 7.80. The number of anilines is 1. The van der Waals surface area contributed by atoms with Crippen LogP contribution in [0.3, 0.4) is 0 Å². The first-order chi connectivity index (χ1) is 18.1. The summed E-state index contributed by atoms with van der Waals surface area (Å²) >= 11 is 0. The van der Waals surface area contributed by atoms with Gasteiger partial charge in [0.05, 0.1) is 23.7 Å². The van der Waals surface area contributed by atoms with Crippen molar-refractivity contribution in [2.75, 3.05) is 53.7 Å². The molecule has 0 heterocycles. The first-order valence-electron chi connectivity index (χ1n) is 12.5. The number of Topliss-reactive ketones (excluding diaryl/α,β-unsaturated/α-hetero) is 2. The minimum atomic E-state index is -2.67. The number of hydrogen-bond donors (Lipinski definition) is 5. The molecule has 3 aliphatic carbocycles. The van der Waals surface area contributed by atoms with Gasteiger partial charge >= 0.3 is 0 Å². The van der Waals surface area contributed by atoms with Crippen molar-refractivity contribution in [1.82, 2.24) is 9.80 Å². The SMILES string of the molecule is CN(C)CC#Cc1cc(N(C)C)c2c(c1O)C(=O)C1=C(O)[C@]3(O)C(=O)C(C(N)=O)=C(O)[C@@H](N(C)C)[C@@H]3C[C@@H]1C2. The summed E-state index contributed by atoms with van der Waals surface area (Å²) in [6.07, 6.45) is 0.241. The van der Waals surface area contributed by atoms with Gasteiger partial charge in [-0.3, -0.25) is 24.2 Å². The molecule has 1 amide bonds. The Bertz CT molecular complexity index is 1410. The molecule has 0 fully saturated rings.